The van der Waals surface area contributed by atoms with Crippen molar-refractivity contribution in [1.29, 1.82) is 0 Å². The molecule has 1 atom stereocenters. The minimum absolute atomic E-state index is 0.00508. The van der Waals surface area contributed by atoms with E-state index < -0.39 is 0 Å². The van der Waals surface area contributed by atoms with Crippen LogP contribution in [0.5, 0.6) is 0 Å². The third kappa shape index (κ3) is 5.03. The summed E-state index contributed by atoms with van der Waals surface area (Å²) in [5.41, 5.74) is 11.8. The number of nitrogens with zero attached hydrogens (tertiary/aromatic N) is 2. The standard InChI is InChI=1S/C25H23ClN4/c26-21-8-6-19(7-9-21)24-17-30-25(15-23(24)20-10-12-28-13-11-20)29-16-22(27)14-18-4-2-1-3-5-18/h1-13,15,17,22H,14,16,27H2,(H,29,30). The van der Waals surface area contributed by atoms with Gasteiger partial charge in [0.25, 0.3) is 0 Å². The molecule has 5 heteroatoms. The number of benzene rings is 2. The van der Waals surface area contributed by atoms with Crippen LogP contribution in [0.1, 0.15) is 5.56 Å². The van der Waals surface area contributed by atoms with E-state index in [0.29, 0.717) is 11.6 Å². The summed E-state index contributed by atoms with van der Waals surface area (Å²) in [6.07, 6.45) is 6.30. The molecule has 0 spiro atoms. The first kappa shape index (κ1) is 20.1. The van der Waals surface area contributed by atoms with Crippen molar-refractivity contribution in [3.8, 4) is 22.3 Å². The molecule has 2 heterocycles. The number of pyridine rings is 2. The number of nitrogens with two attached hydrogens (primary N) is 1. The zero-order chi connectivity index (χ0) is 20.8. The fourth-order valence-corrected chi connectivity index (χ4v) is 3.53. The summed E-state index contributed by atoms with van der Waals surface area (Å²) in [7, 11) is 0. The zero-order valence-electron chi connectivity index (χ0n) is 16.5. The number of hydrogen-bond donors (Lipinski definition) is 2. The monoisotopic (exact) mass is 414 g/mol. The van der Waals surface area contributed by atoms with Gasteiger partial charge >= 0.3 is 0 Å². The van der Waals surface area contributed by atoms with Crippen LogP contribution in [0.4, 0.5) is 5.82 Å². The van der Waals surface area contributed by atoms with Gasteiger partial charge in [-0.25, -0.2) is 4.98 Å². The molecule has 0 aliphatic heterocycles. The summed E-state index contributed by atoms with van der Waals surface area (Å²) < 4.78 is 0. The van der Waals surface area contributed by atoms with Crippen molar-refractivity contribution in [2.24, 2.45) is 5.73 Å². The Hall–Kier alpha value is -3.21. The van der Waals surface area contributed by atoms with E-state index in [1.165, 1.54) is 5.56 Å². The SMILES string of the molecule is NC(CNc1cc(-c2ccncc2)c(-c2ccc(Cl)cc2)cn1)Cc1ccccc1. The van der Waals surface area contributed by atoms with Crippen LogP contribution < -0.4 is 11.1 Å². The van der Waals surface area contributed by atoms with E-state index in [2.05, 4.69) is 33.5 Å². The Bertz CT molecular complexity index is 1080. The van der Waals surface area contributed by atoms with Crippen LogP contribution >= 0.6 is 11.6 Å². The summed E-state index contributed by atoms with van der Waals surface area (Å²) in [5, 5.41) is 4.10. The van der Waals surface area contributed by atoms with Gasteiger partial charge in [-0.05, 0) is 59.0 Å². The molecule has 4 aromatic rings. The van der Waals surface area contributed by atoms with Gasteiger partial charge in [0.15, 0.2) is 0 Å². The first-order valence-corrected chi connectivity index (χ1v) is 10.3. The Morgan fingerprint density at radius 2 is 1.57 bits per heavy atom. The van der Waals surface area contributed by atoms with E-state index in [1.807, 2.05) is 60.8 Å². The van der Waals surface area contributed by atoms with Crippen LogP contribution in [0.3, 0.4) is 0 Å². The summed E-state index contributed by atoms with van der Waals surface area (Å²) in [4.78, 5) is 8.77. The Labute approximate surface area is 181 Å². The average molecular weight is 415 g/mol. The lowest BCUT2D eigenvalue weighted by atomic mass is 9.97. The van der Waals surface area contributed by atoms with E-state index in [-0.39, 0.29) is 6.04 Å². The molecule has 0 saturated heterocycles. The van der Waals surface area contributed by atoms with Crippen LogP contribution in [0.2, 0.25) is 5.02 Å². The molecule has 3 N–H and O–H groups in total. The summed E-state index contributed by atoms with van der Waals surface area (Å²) in [6.45, 7) is 0.637. The molecule has 0 aliphatic rings. The van der Waals surface area contributed by atoms with Crippen molar-refractivity contribution in [1.82, 2.24) is 9.97 Å². The van der Waals surface area contributed by atoms with Crippen LogP contribution in [0, 0.1) is 0 Å². The minimum Gasteiger partial charge on any atom is -0.368 e. The molecule has 0 bridgehead atoms. The zero-order valence-corrected chi connectivity index (χ0v) is 17.3. The highest BCUT2D eigenvalue weighted by Crippen LogP contribution is 2.33. The predicted molar refractivity (Wildman–Crippen MR) is 125 cm³/mol. The van der Waals surface area contributed by atoms with Crippen molar-refractivity contribution < 1.29 is 0 Å². The van der Waals surface area contributed by atoms with E-state index in [0.717, 1.165) is 34.5 Å². The molecule has 0 fully saturated rings. The highest BCUT2D eigenvalue weighted by molar-refractivity contribution is 6.30. The highest BCUT2D eigenvalue weighted by Gasteiger charge is 2.11. The van der Waals surface area contributed by atoms with E-state index in [9.17, 15) is 0 Å². The van der Waals surface area contributed by atoms with Gasteiger partial charge in [0.1, 0.15) is 5.82 Å². The van der Waals surface area contributed by atoms with Gasteiger partial charge < -0.3 is 11.1 Å². The fourth-order valence-electron chi connectivity index (χ4n) is 3.41. The van der Waals surface area contributed by atoms with E-state index >= 15 is 0 Å². The van der Waals surface area contributed by atoms with Crippen molar-refractivity contribution >= 4 is 17.4 Å². The molecule has 4 nitrogen and oxygen atoms in total. The maximum absolute atomic E-state index is 6.33. The molecule has 0 radical (unpaired) electrons. The Morgan fingerprint density at radius 1 is 0.867 bits per heavy atom. The number of halogens is 1. The molecule has 1 unspecified atom stereocenters. The lowest BCUT2D eigenvalue weighted by Gasteiger charge is -2.16. The number of hydrogen-bond acceptors (Lipinski definition) is 4. The van der Waals surface area contributed by atoms with Gasteiger partial charge in [0, 0.05) is 41.8 Å². The third-order valence-corrected chi connectivity index (χ3v) is 5.19. The second-order valence-corrected chi connectivity index (χ2v) is 7.63. The van der Waals surface area contributed by atoms with Crippen LogP contribution in [0.25, 0.3) is 22.3 Å². The minimum atomic E-state index is -0.00508. The Balaban J connectivity index is 1.57. The van der Waals surface area contributed by atoms with Crippen molar-refractivity contribution in [3.63, 3.8) is 0 Å². The second kappa shape index (κ2) is 9.53. The lowest BCUT2D eigenvalue weighted by Crippen LogP contribution is -2.31. The van der Waals surface area contributed by atoms with Gasteiger partial charge in [-0.15, -0.1) is 0 Å². The van der Waals surface area contributed by atoms with Gasteiger partial charge in [0.05, 0.1) is 0 Å². The van der Waals surface area contributed by atoms with Gasteiger partial charge in [0.2, 0.25) is 0 Å². The molecule has 4 rings (SSSR count). The molecular weight excluding hydrogens is 392 g/mol. The maximum Gasteiger partial charge on any atom is 0.126 e. The second-order valence-electron chi connectivity index (χ2n) is 7.19. The third-order valence-electron chi connectivity index (χ3n) is 4.94. The van der Waals surface area contributed by atoms with Gasteiger partial charge in [-0.1, -0.05) is 54.1 Å². The van der Waals surface area contributed by atoms with Gasteiger partial charge in [-0.3, -0.25) is 4.98 Å². The largest absolute Gasteiger partial charge is 0.368 e. The quantitative estimate of drug-likeness (QED) is 0.422. The molecule has 150 valence electrons. The van der Waals surface area contributed by atoms with Crippen molar-refractivity contribution in [2.75, 3.05) is 11.9 Å². The molecule has 0 amide bonds. The predicted octanol–water partition coefficient (Wildman–Crippen LogP) is 5.45. The fraction of sp³-hybridized carbons (Fsp3) is 0.120. The number of rotatable bonds is 7. The van der Waals surface area contributed by atoms with Gasteiger partial charge in [-0.2, -0.15) is 0 Å². The summed E-state index contributed by atoms with van der Waals surface area (Å²) in [5.74, 6) is 0.794. The molecule has 0 aliphatic carbocycles. The van der Waals surface area contributed by atoms with Crippen molar-refractivity contribution in [2.45, 2.75) is 12.5 Å². The van der Waals surface area contributed by atoms with Crippen LogP contribution in [-0.2, 0) is 6.42 Å². The molecular formula is C25H23ClN4. The Morgan fingerprint density at radius 3 is 2.30 bits per heavy atom. The molecule has 0 saturated carbocycles. The Kier molecular flexibility index (Phi) is 6.38. The van der Waals surface area contributed by atoms with Crippen molar-refractivity contribution in [3.05, 3.63) is 102 Å². The average Bonchev–Trinajstić information content (AvgIpc) is 2.79. The summed E-state index contributed by atoms with van der Waals surface area (Å²) >= 11 is 6.06. The first-order valence-electron chi connectivity index (χ1n) is 9.89. The van der Waals surface area contributed by atoms with E-state index in [4.69, 9.17) is 17.3 Å². The van der Waals surface area contributed by atoms with E-state index in [1.54, 1.807) is 12.4 Å². The normalized spacial score (nSPS) is 11.8. The molecule has 30 heavy (non-hydrogen) atoms. The highest BCUT2D eigenvalue weighted by atomic mass is 35.5. The topological polar surface area (TPSA) is 63.8 Å². The smallest absolute Gasteiger partial charge is 0.126 e. The van der Waals surface area contributed by atoms with Crippen LogP contribution in [0.15, 0.2) is 91.4 Å². The molecule has 2 aromatic carbocycles. The summed E-state index contributed by atoms with van der Waals surface area (Å²) in [6, 6.07) is 24.1. The number of nitrogens with one attached hydrogen (secondary N) is 1. The first-order chi connectivity index (χ1) is 14.7. The van der Waals surface area contributed by atoms with Crippen LogP contribution in [-0.4, -0.2) is 22.6 Å². The number of aromatic nitrogens is 2. The maximum atomic E-state index is 6.33. The number of anilines is 1. The lowest BCUT2D eigenvalue weighted by molar-refractivity contribution is 0.698. The molecule has 2 aromatic heterocycles.